The summed E-state index contributed by atoms with van der Waals surface area (Å²) in [6, 6.07) is 38.9. The number of hydrogen-bond acceptors (Lipinski definition) is 6. The van der Waals surface area contributed by atoms with Gasteiger partial charge in [0.25, 0.3) is 11.1 Å². The number of hydrogen-bond donors (Lipinski definition) is 0. The highest BCUT2D eigenvalue weighted by Crippen LogP contribution is 2.45. The van der Waals surface area contributed by atoms with Crippen LogP contribution in [0.1, 0.15) is 63.7 Å². The fourth-order valence-electron chi connectivity index (χ4n) is 8.16. The maximum atomic E-state index is 13.4. The SMILES string of the molecule is Cn1c(=O)c(C(=O)c2ccccc2)c2c3c(c(Br)ccc31)C(=O)c1ccccc1-2.Cn1c(=O)c(C(=O)c2ccccc2)c2c3c(c(Br)ccc31)C(=O)c1ccccc1-2. The largest absolute Gasteiger partial charge is 0.311 e. The lowest BCUT2D eigenvalue weighted by atomic mass is 9.80. The van der Waals surface area contributed by atoms with Crippen molar-refractivity contribution in [1.29, 1.82) is 0 Å². The summed E-state index contributed by atoms with van der Waals surface area (Å²) in [6.07, 6.45) is 0. The number of aryl methyl sites for hydroxylation is 2. The van der Waals surface area contributed by atoms with Gasteiger partial charge in [-0.1, -0.05) is 141 Å². The van der Waals surface area contributed by atoms with Crippen molar-refractivity contribution in [3.63, 3.8) is 0 Å². The van der Waals surface area contributed by atoms with Crippen molar-refractivity contribution in [1.82, 2.24) is 9.13 Å². The Morgan fingerprint density at radius 3 is 1.10 bits per heavy atom. The molecule has 10 heteroatoms. The molecule has 6 aromatic carbocycles. The quantitative estimate of drug-likeness (QED) is 0.163. The number of pyridine rings is 2. The number of ketones is 4. The molecular weight excluding hydrogens is 860 g/mol. The standard InChI is InChI=1S/2C24H14BrNO3/c2*1-26-17-12-11-16(25)19-20(17)18(14-9-5-6-10-15(14)23(19)28)21(24(26)29)22(27)13-7-3-2-4-8-13/h2*2-12H,1H3. The zero-order valence-corrected chi connectivity index (χ0v) is 34.0. The molecule has 2 heterocycles. The van der Waals surface area contributed by atoms with Crippen molar-refractivity contribution in [3.8, 4) is 22.3 Å². The molecule has 0 amide bonds. The lowest BCUT2D eigenvalue weighted by Gasteiger charge is -2.24. The summed E-state index contributed by atoms with van der Waals surface area (Å²) in [5.74, 6) is -0.943. The van der Waals surface area contributed by atoms with Crippen molar-refractivity contribution in [2.24, 2.45) is 14.1 Å². The number of nitrogens with zero attached hydrogens (tertiary/aromatic N) is 2. The Bertz CT molecular complexity index is 3060. The topological polar surface area (TPSA) is 112 Å². The third kappa shape index (κ3) is 5.47. The predicted octanol–water partition coefficient (Wildman–Crippen LogP) is 9.49. The summed E-state index contributed by atoms with van der Waals surface area (Å²) in [4.78, 5) is 80.1. The molecular formula is C48H28Br2N2O6. The zero-order valence-electron chi connectivity index (χ0n) is 30.8. The molecule has 0 saturated carbocycles. The Hall–Kier alpha value is -6.62. The molecule has 0 atom stereocenters. The van der Waals surface area contributed by atoms with Crippen LogP contribution in [0.2, 0.25) is 0 Å². The third-order valence-electron chi connectivity index (χ3n) is 10.9. The van der Waals surface area contributed by atoms with Crippen molar-refractivity contribution in [2.75, 3.05) is 0 Å². The summed E-state index contributed by atoms with van der Waals surface area (Å²) in [5, 5.41) is 1.26. The molecule has 0 radical (unpaired) electrons. The fourth-order valence-corrected chi connectivity index (χ4v) is 9.18. The number of aromatic nitrogens is 2. The first-order valence-electron chi connectivity index (χ1n) is 18.2. The van der Waals surface area contributed by atoms with Crippen LogP contribution in [0, 0.1) is 0 Å². The van der Waals surface area contributed by atoms with E-state index in [2.05, 4.69) is 31.9 Å². The molecule has 8 aromatic rings. The van der Waals surface area contributed by atoms with E-state index in [1.165, 1.54) is 9.13 Å². The minimum atomic E-state index is -0.376. The van der Waals surface area contributed by atoms with E-state index in [1.807, 2.05) is 24.3 Å². The lowest BCUT2D eigenvalue weighted by molar-refractivity contribution is 0.102. The van der Waals surface area contributed by atoms with Crippen molar-refractivity contribution in [2.45, 2.75) is 0 Å². The van der Waals surface area contributed by atoms with Gasteiger partial charge in [0, 0.05) is 78.3 Å². The average Bonchev–Trinajstić information content (AvgIpc) is 3.25. The highest BCUT2D eigenvalue weighted by atomic mass is 79.9. The van der Waals surface area contributed by atoms with Crippen molar-refractivity contribution < 1.29 is 19.2 Å². The summed E-state index contributed by atoms with van der Waals surface area (Å²) < 4.78 is 4.18. The summed E-state index contributed by atoms with van der Waals surface area (Å²) in [5.41, 5.74) is 5.77. The van der Waals surface area contributed by atoms with Gasteiger partial charge in [-0.3, -0.25) is 28.8 Å². The monoisotopic (exact) mass is 886 g/mol. The van der Waals surface area contributed by atoms with E-state index in [1.54, 1.807) is 123 Å². The summed E-state index contributed by atoms with van der Waals surface area (Å²) in [6.45, 7) is 0. The van der Waals surface area contributed by atoms with Crippen LogP contribution in [0.5, 0.6) is 0 Å². The maximum absolute atomic E-state index is 13.4. The molecule has 8 nitrogen and oxygen atoms in total. The number of benzene rings is 6. The van der Waals surface area contributed by atoms with Crippen LogP contribution in [0.25, 0.3) is 44.1 Å². The van der Waals surface area contributed by atoms with Gasteiger partial charge >= 0.3 is 0 Å². The van der Waals surface area contributed by atoms with E-state index < -0.39 is 0 Å². The van der Waals surface area contributed by atoms with Gasteiger partial charge < -0.3 is 9.13 Å². The van der Waals surface area contributed by atoms with Crippen LogP contribution >= 0.6 is 31.9 Å². The van der Waals surface area contributed by atoms with Gasteiger partial charge in [0.2, 0.25) is 0 Å². The second kappa shape index (κ2) is 14.1. The van der Waals surface area contributed by atoms with Gasteiger partial charge in [-0.05, 0) is 35.4 Å². The van der Waals surface area contributed by atoms with Crippen molar-refractivity contribution in [3.05, 3.63) is 208 Å². The molecule has 10 rings (SSSR count). The highest BCUT2D eigenvalue weighted by molar-refractivity contribution is 9.10. The Kier molecular flexibility index (Phi) is 8.98. The van der Waals surface area contributed by atoms with E-state index in [9.17, 15) is 28.8 Å². The van der Waals surface area contributed by atoms with Crippen LogP contribution in [0.3, 0.4) is 0 Å². The number of carbonyl (C=O) groups is 4. The van der Waals surface area contributed by atoms with E-state index in [4.69, 9.17) is 0 Å². The molecule has 0 bridgehead atoms. The number of carbonyl (C=O) groups excluding carboxylic acids is 4. The van der Waals surface area contributed by atoms with Gasteiger partial charge in [0.1, 0.15) is 0 Å². The molecule has 0 spiro atoms. The Balaban J connectivity index is 0.000000150. The number of rotatable bonds is 4. The third-order valence-corrected chi connectivity index (χ3v) is 12.2. The second-order valence-corrected chi connectivity index (χ2v) is 15.7. The average molecular weight is 889 g/mol. The van der Waals surface area contributed by atoms with Gasteiger partial charge in [-0.2, -0.15) is 0 Å². The zero-order chi connectivity index (χ0) is 40.6. The molecule has 58 heavy (non-hydrogen) atoms. The Morgan fingerprint density at radius 1 is 0.414 bits per heavy atom. The first kappa shape index (κ1) is 37.0. The van der Waals surface area contributed by atoms with Gasteiger partial charge in [-0.15, -0.1) is 0 Å². The van der Waals surface area contributed by atoms with Crippen molar-refractivity contribution >= 4 is 76.8 Å². The molecule has 280 valence electrons. The fraction of sp³-hybridized carbons (Fsp3) is 0.0417. The minimum absolute atomic E-state index is 0.0884. The number of fused-ring (bicyclic) bond motifs is 4. The normalized spacial score (nSPS) is 12.1. The van der Waals surface area contributed by atoms with E-state index in [-0.39, 0.29) is 45.4 Å². The summed E-state index contributed by atoms with van der Waals surface area (Å²) >= 11 is 6.99. The van der Waals surface area contributed by atoms with Crippen LogP contribution in [0.15, 0.2) is 152 Å². The number of halogens is 2. The molecule has 0 aliphatic heterocycles. The van der Waals surface area contributed by atoms with Gasteiger partial charge in [0.05, 0.1) is 22.2 Å². The minimum Gasteiger partial charge on any atom is -0.311 e. The van der Waals surface area contributed by atoms with Gasteiger partial charge in [0.15, 0.2) is 23.1 Å². The first-order valence-corrected chi connectivity index (χ1v) is 19.8. The van der Waals surface area contributed by atoms with E-state index in [0.717, 1.165) is 0 Å². The summed E-state index contributed by atoms with van der Waals surface area (Å²) in [7, 11) is 3.26. The van der Waals surface area contributed by atoms with Crippen LogP contribution in [-0.4, -0.2) is 32.3 Å². The first-order chi connectivity index (χ1) is 28.0. The van der Waals surface area contributed by atoms with E-state index >= 15 is 0 Å². The van der Waals surface area contributed by atoms with Crippen LogP contribution < -0.4 is 11.1 Å². The van der Waals surface area contributed by atoms with Crippen LogP contribution in [0.4, 0.5) is 0 Å². The molecule has 2 aliphatic carbocycles. The van der Waals surface area contributed by atoms with E-state index in [0.29, 0.717) is 86.4 Å². The molecule has 0 fully saturated rings. The maximum Gasteiger partial charge on any atom is 0.262 e. The van der Waals surface area contributed by atoms with Gasteiger partial charge in [-0.25, -0.2) is 0 Å². The smallest absolute Gasteiger partial charge is 0.262 e. The Labute approximate surface area is 347 Å². The highest BCUT2D eigenvalue weighted by Gasteiger charge is 2.35. The second-order valence-electron chi connectivity index (χ2n) is 14.0. The Morgan fingerprint density at radius 2 is 0.741 bits per heavy atom. The molecule has 0 saturated heterocycles. The lowest BCUT2D eigenvalue weighted by Crippen LogP contribution is -2.28. The molecule has 2 aliphatic rings. The van der Waals surface area contributed by atoms with Crippen LogP contribution in [-0.2, 0) is 14.1 Å². The molecule has 0 N–H and O–H groups in total. The molecule has 2 aromatic heterocycles. The predicted molar refractivity (Wildman–Crippen MR) is 231 cm³/mol. The molecule has 0 unspecified atom stereocenters.